The van der Waals surface area contributed by atoms with Gasteiger partial charge in [-0.3, -0.25) is 14.5 Å². The van der Waals surface area contributed by atoms with Crippen LogP contribution in [0.15, 0.2) is 53.7 Å². The van der Waals surface area contributed by atoms with Crippen LogP contribution in [-0.4, -0.2) is 18.5 Å². The first-order valence-electron chi connectivity index (χ1n) is 9.67. The van der Waals surface area contributed by atoms with Crippen molar-refractivity contribution in [3.05, 3.63) is 64.9 Å². The number of carbonyl (C=O) groups is 2. The fourth-order valence-corrected chi connectivity index (χ4v) is 4.47. The Labute approximate surface area is 163 Å². The summed E-state index contributed by atoms with van der Waals surface area (Å²) in [5, 5.41) is 0. The quantitative estimate of drug-likeness (QED) is 0.787. The molecule has 1 aliphatic carbocycles. The summed E-state index contributed by atoms with van der Waals surface area (Å²) < 4.78 is 10.9. The normalized spacial score (nSPS) is 21.2. The summed E-state index contributed by atoms with van der Waals surface area (Å²) in [4.78, 5) is 27.9. The number of fused-ring (bicyclic) bond motifs is 1. The van der Waals surface area contributed by atoms with Crippen LogP contribution in [0.3, 0.4) is 0 Å². The molecule has 5 rings (SSSR count). The molecule has 0 saturated carbocycles. The highest BCUT2D eigenvalue weighted by Gasteiger charge is 2.40. The van der Waals surface area contributed by atoms with Gasteiger partial charge in [0.2, 0.25) is 12.7 Å². The van der Waals surface area contributed by atoms with Crippen molar-refractivity contribution in [3.63, 3.8) is 0 Å². The third kappa shape index (κ3) is 2.70. The number of allylic oxidation sites excluding steroid dienone is 2. The van der Waals surface area contributed by atoms with Gasteiger partial charge in [-0.05, 0) is 55.2 Å². The van der Waals surface area contributed by atoms with Crippen LogP contribution in [-0.2, 0) is 9.59 Å². The number of ether oxygens (including phenoxy) is 2. The predicted octanol–water partition coefficient (Wildman–Crippen LogP) is 4.25. The van der Waals surface area contributed by atoms with Crippen molar-refractivity contribution in [1.29, 1.82) is 0 Å². The summed E-state index contributed by atoms with van der Waals surface area (Å²) in [7, 11) is 0. The second kappa shape index (κ2) is 6.51. The summed E-state index contributed by atoms with van der Waals surface area (Å²) >= 11 is 0. The molecule has 5 nitrogen and oxygen atoms in total. The maximum Gasteiger partial charge on any atom is 0.232 e. The maximum absolute atomic E-state index is 13.2. The maximum atomic E-state index is 13.2. The van der Waals surface area contributed by atoms with Gasteiger partial charge in [0.25, 0.3) is 0 Å². The van der Waals surface area contributed by atoms with E-state index in [2.05, 4.69) is 0 Å². The SMILES string of the molecule is Cc1cccc(N2C(=O)CC(c3ccc4c(c3)OCO4)C3=C2CCCC3=O)c1. The summed E-state index contributed by atoms with van der Waals surface area (Å²) in [5.41, 5.74) is 4.51. The molecule has 0 N–H and O–H groups in total. The van der Waals surface area contributed by atoms with Crippen molar-refractivity contribution in [2.75, 3.05) is 11.7 Å². The van der Waals surface area contributed by atoms with Gasteiger partial charge in [-0.2, -0.15) is 0 Å². The number of anilines is 1. The molecule has 0 bridgehead atoms. The minimum absolute atomic E-state index is 0.0294. The van der Waals surface area contributed by atoms with Gasteiger partial charge < -0.3 is 9.47 Å². The lowest BCUT2D eigenvalue weighted by Gasteiger charge is -2.38. The van der Waals surface area contributed by atoms with E-state index in [4.69, 9.17) is 9.47 Å². The largest absolute Gasteiger partial charge is 0.454 e. The van der Waals surface area contributed by atoms with Crippen LogP contribution in [0.2, 0.25) is 0 Å². The van der Waals surface area contributed by atoms with Gasteiger partial charge in [0, 0.05) is 35.7 Å². The Hall–Kier alpha value is -3.08. The lowest BCUT2D eigenvalue weighted by molar-refractivity contribution is -0.119. The van der Waals surface area contributed by atoms with E-state index in [1.165, 1.54) is 0 Å². The first kappa shape index (κ1) is 17.0. The third-order valence-electron chi connectivity index (χ3n) is 5.73. The van der Waals surface area contributed by atoms with Gasteiger partial charge >= 0.3 is 0 Å². The molecule has 0 fully saturated rings. The summed E-state index contributed by atoms with van der Waals surface area (Å²) in [6, 6.07) is 13.6. The molecule has 2 aliphatic heterocycles. The number of benzene rings is 2. The Morgan fingerprint density at radius 3 is 2.71 bits per heavy atom. The predicted molar refractivity (Wildman–Crippen MR) is 104 cm³/mol. The monoisotopic (exact) mass is 375 g/mol. The zero-order valence-corrected chi connectivity index (χ0v) is 15.7. The third-order valence-corrected chi connectivity index (χ3v) is 5.73. The number of nitrogens with zero attached hydrogens (tertiary/aromatic N) is 1. The molecular weight excluding hydrogens is 354 g/mol. The molecule has 2 heterocycles. The van der Waals surface area contributed by atoms with Gasteiger partial charge in [-0.25, -0.2) is 0 Å². The van der Waals surface area contributed by atoms with E-state index in [-0.39, 0.29) is 30.8 Å². The van der Waals surface area contributed by atoms with E-state index in [0.29, 0.717) is 17.9 Å². The van der Waals surface area contributed by atoms with Gasteiger partial charge in [0.05, 0.1) is 0 Å². The molecule has 28 heavy (non-hydrogen) atoms. The van der Waals surface area contributed by atoms with E-state index in [1.807, 2.05) is 49.4 Å². The Morgan fingerprint density at radius 1 is 1.00 bits per heavy atom. The van der Waals surface area contributed by atoms with Crippen LogP contribution in [0.5, 0.6) is 11.5 Å². The first-order valence-corrected chi connectivity index (χ1v) is 9.67. The molecule has 142 valence electrons. The molecule has 0 spiro atoms. The van der Waals surface area contributed by atoms with Crippen molar-refractivity contribution in [1.82, 2.24) is 0 Å². The molecule has 3 aliphatic rings. The highest BCUT2D eigenvalue weighted by atomic mass is 16.7. The van der Waals surface area contributed by atoms with Crippen LogP contribution in [0.1, 0.15) is 42.7 Å². The van der Waals surface area contributed by atoms with E-state index in [1.54, 1.807) is 4.90 Å². The van der Waals surface area contributed by atoms with Crippen molar-refractivity contribution >= 4 is 17.4 Å². The van der Waals surface area contributed by atoms with Crippen molar-refractivity contribution < 1.29 is 19.1 Å². The van der Waals surface area contributed by atoms with E-state index >= 15 is 0 Å². The number of amides is 1. The number of hydrogen-bond acceptors (Lipinski definition) is 4. The molecule has 2 aromatic carbocycles. The molecular formula is C23H21NO4. The smallest absolute Gasteiger partial charge is 0.232 e. The lowest BCUT2D eigenvalue weighted by Crippen LogP contribution is -2.40. The lowest BCUT2D eigenvalue weighted by atomic mass is 9.77. The minimum Gasteiger partial charge on any atom is -0.454 e. The Bertz CT molecular complexity index is 1020. The molecule has 1 unspecified atom stereocenters. The Balaban J connectivity index is 1.63. The number of carbonyl (C=O) groups excluding carboxylic acids is 2. The van der Waals surface area contributed by atoms with Gasteiger partial charge in [0.1, 0.15) is 0 Å². The number of aryl methyl sites for hydroxylation is 1. The van der Waals surface area contributed by atoms with Crippen LogP contribution < -0.4 is 14.4 Å². The van der Waals surface area contributed by atoms with Gasteiger partial charge in [-0.15, -0.1) is 0 Å². The minimum atomic E-state index is -0.231. The van der Waals surface area contributed by atoms with Crippen LogP contribution in [0, 0.1) is 6.92 Å². The van der Waals surface area contributed by atoms with Crippen LogP contribution >= 0.6 is 0 Å². The zero-order chi connectivity index (χ0) is 19.3. The van der Waals surface area contributed by atoms with Crippen molar-refractivity contribution in [3.8, 4) is 11.5 Å². The van der Waals surface area contributed by atoms with Gasteiger partial charge in [0.15, 0.2) is 17.3 Å². The molecule has 5 heteroatoms. The summed E-state index contributed by atoms with van der Waals surface area (Å²) in [6.45, 7) is 2.21. The average Bonchev–Trinajstić information content (AvgIpc) is 3.15. The number of hydrogen-bond donors (Lipinski definition) is 0. The van der Waals surface area contributed by atoms with E-state index < -0.39 is 0 Å². The summed E-state index contributed by atoms with van der Waals surface area (Å²) in [5.74, 6) is 1.33. The highest BCUT2D eigenvalue weighted by Crippen LogP contribution is 2.45. The second-order valence-corrected chi connectivity index (χ2v) is 7.57. The fraction of sp³-hybridized carbons (Fsp3) is 0.304. The standard InChI is InChI=1S/C23H21NO4/c1-14-4-2-5-16(10-14)24-18-6-3-7-19(25)23(18)17(12-22(24)26)15-8-9-20-21(11-15)28-13-27-20/h2,4-5,8-11,17H,3,6-7,12-13H2,1H3. The molecule has 0 radical (unpaired) electrons. The van der Waals surface area contributed by atoms with E-state index in [0.717, 1.165) is 40.9 Å². The average molecular weight is 375 g/mol. The Kier molecular flexibility index (Phi) is 3.97. The number of Topliss-reactive ketones (excluding diaryl/α,β-unsaturated/α-hetero) is 1. The van der Waals surface area contributed by atoms with E-state index in [9.17, 15) is 9.59 Å². The van der Waals surface area contributed by atoms with Crippen molar-refractivity contribution in [2.45, 2.75) is 38.5 Å². The molecule has 1 atom stereocenters. The highest BCUT2D eigenvalue weighted by molar-refractivity contribution is 6.07. The summed E-state index contributed by atoms with van der Waals surface area (Å²) in [6.07, 6.45) is 2.33. The van der Waals surface area contributed by atoms with Gasteiger partial charge in [-0.1, -0.05) is 18.2 Å². The topological polar surface area (TPSA) is 55.8 Å². The number of ketones is 1. The fourth-order valence-electron chi connectivity index (χ4n) is 4.47. The van der Waals surface area contributed by atoms with Crippen molar-refractivity contribution in [2.24, 2.45) is 0 Å². The first-order chi connectivity index (χ1) is 13.6. The van der Waals surface area contributed by atoms with Crippen LogP contribution in [0.25, 0.3) is 0 Å². The molecule has 2 aromatic rings. The molecule has 0 saturated heterocycles. The zero-order valence-electron chi connectivity index (χ0n) is 15.7. The second-order valence-electron chi connectivity index (χ2n) is 7.57. The number of rotatable bonds is 2. The van der Waals surface area contributed by atoms with Crippen LogP contribution in [0.4, 0.5) is 5.69 Å². The molecule has 0 aromatic heterocycles. The Morgan fingerprint density at radius 2 is 1.86 bits per heavy atom. The molecule has 1 amide bonds.